The lowest BCUT2D eigenvalue weighted by Crippen LogP contribution is -2.60. The second kappa shape index (κ2) is 7.94. The molecule has 5 atom stereocenters. The first-order chi connectivity index (χ1) is 14.0. The van der Waals surface area contributed by atoms with Crippen LogP contribution in [0.3, 0.4) is 0 Å². The van der Waals surface area contributed by atoms with Crippen molar-refractivity contribution in [2.24, 2.45) is 0 Å². The lowest BCUT2D eigenvalue weighted by molar-refractivity contribution is -0.277. The molecule has 1 aromatic heterocycles. The summed E-state index contributed by atoms with van der Waals surface area (Å²) in [6.07, 6.45) is -5.57. The van der Waals surface area contributed by atoms with E-state index in [1.807, 2.05) is 30.3 Å². The molecule has 8 heteroatoms. The molecule has 4 rings (SSSR count). The predicted octanol–water partition coefficient (Wildman–Crippen LogP) is 0.639. The number of aliphatic hydroxyl groups excluding tert-OH is 4. The molecule has 1 fully saturated rings. The highest BCUT2D eigenvalue weighted by atomic mass is 16.7. The number of hydrogen-bond acceptors (Lipinski definition) is 8. The van der Waals surface area contributed by atoms with Crippen molar-refractivity contribution in [2.75, 3.05) is 6.61 Å². The zero-order chi connectivity index (χ0) is 20.5. The molecule has 0 aliphatic carbocycles. The van der Waals surface area contributed by atoms with Gasteiger partial charge in [-0.25, -0.2) is 0 Å². The molecule has 0 amide bonds. The van der Waals surface area contributed by atoms with Crippen molar-refractivity contribution in [3.8, 4) is 16.9 Å². The number of hydrogen-bond donors (Lipinski definition) is 4. The van der Waals surface area contributed by atoms with Gasteiger partial charge in [-0.05, 0) is 17.7 Å². The lowest BCUT2D eigenvalue weighted by Gasteiger charge is -2.39. The first kappa shape index (κ1) is 19.6. The van der Waals surface area contributed by atoms with Gasteiger partial charge in [-0.3, -0.25) is 4.79 Å². The highest BCUT2D eigenvalue weighted by Crippen LogP contribution is 2.27. The van der Waals surface area contributed by atoms with Crippen molar-refractivity contribution < 1.29 is 34.3 Å². The van der Waals surface area contributed by atoms with Crippen molar-refractivity contribution in [3.05, 3.63) is 65.0 Å². The average Bonchev–Trinajstić information content (AvgIpc) is 2.75. The van der Waals surface area contributed by atoms with E-state index in [1.54, 1.807) is 0 Å². The normalized spacial score (nSPS) is 27.1. The maximum atomic E-state index is 12.8. The Bertz CT molecular complexity index is 1050. The van der Waals surface area contributed by atoms with Gasteiger partial charge in [0.2, 0.25) is 6.29 Å². The van der Waals surface area contributed by atoms with Crippen LogP contribution in [0.15, 0.2) is 64.0 Å². The Hall–Kier alpha value is -2.75. The van der Waals surface area contributed by atoms with Crippen LogP contribution < -0.4 is 10.2 Å². The summed E-state index contributed by atoms with van der Waals surface area (Å²) in [6, 6.07) is 13.7. The summed E-state index contributed by atoms with van der Waals surface area (Å²) in [6.45, 7) is -0.556. The predicted molar refractivity (Wildman–Crippen MR) is 102 cm³/mol. The van der Waals surface area contributed by atoms with Gasteiger partial charge >= 0.3 is 0 Å². The maximum absolute atomic E-state index is 12.8. The minimum Gasteiger partial charge on any atom is -0.463 e. The van der Waals surface area contributed by atoms with E-state index in [2.05, 4.69) is 0 Å². The fourth-order valence-electron chi connectivity index (χ4n) is 3.30. The average molecular weight is 400 g/mol. The van der Waals surface area contributed by atoms with Crippen LogP contribution in [-0.4, -0.2) is 57.7 Å². The molecule has 1 aliphatic rings. The number of benzene rings is 2. The van der Waals surface area contributed by atoms with E-state index in [-0.39, 0.29) is 16.8 Å². The molecule has 3 aromatic rings. The molecule has 0 bridgehead atoms. The largest absolute Gasteiger partial charge is 0.463 e. The van der Waals surface area contributed by atoms with Crippen LogP contribution in [0.5, 0.6) is 5.75 Å². The highest BCUT2D eigenvalue weighted by Gasteiger charge is 2.44. The minimum absolute atomic E-state index is 0.197. The summed E-state index contributed by atoms with van der Waals surface area (Å²) in [4.78, 5) is 12.8. The van der Waals surface area contributed by atoms with E-state index in [9.17, 15) is 25.2 Å². The summed E-state index contributed by atoms with van der Waals surface area (Å²) >= 11 is 0. The molecule has 2 heterocycles. The number of fused-ring (bicyclic) bond motifs is 1. The fraction of sp³-hybridized carbons (Fsp3) is 0.286. The molecule has 2 aromatic carbocycles. The molecule has 0 spiro atoms. The van der Waals surface area contributed by atoms with Crippen molar-refractivity contribution in [3.63, 3.8) is 0 Å². The maximum Gasteiger partial charge on any atom is 0.229 e. The third-order valence-electron chi connectivity index (χ3n) is 4.93. The summed E-state index contributed by atoms with van der Waals surface area (Å²) in [7, 11) is 0. The van der Waals surface area contributed by atoms with Crippen LogP contribution in [0.2, 0.25) is 0 Å². The smallest absolute Gasteiger partial charge is 0.229 e. The number of aliphatic hydroxyl groups is 4. The highest BCUT2D eigenvalue weighted by molar-refractivity contribution is 5.82. The fourth-order valence-corrected chi connectivity index (χ4v) is 3.30. The molecule has 1 saturated heterocycles. The van der Waals surface area contributed by atoms with Gasteiger partial charge in [0.25, 0.3) is 0 Å². The number of rotatable bonds is 4. The Morgan fingerprint density at radius 3 is 2.45 bits per heavy atom. The summed E-state index contributed by atoms with van der Waals surface area (Å²) in [5, 5.41) is 39.4. The van der Waals surface area contributed by atoms with Crippen LogP contribution in [0, 0.1) is 0 Å². The van der Waals surface area contributed by atoms with Gasteiger partial charge in [0.05, 0.1) is 17.6 Å². The molecular weight excluding hydrogens is 380 g/mol. The van der Waals surface area contributed by atoms with Crippen LogP contribution in [0.1, 0.15) is 0 Å². The monoisotopic (exact) mass is 400 g/mol. The first-order valence-corrected chi connectivity index (χ1v) is 9.07. The van der Waals surface area contributed by atoms with E-state index < -0.39 is 37.3 Å². The Morgan fingerprint density at radius 1 is 0.966 bits per heavy atom. The molecule has 0 unspecified atom stereocenters. The van der Waals surface area contributed by atoms with E-state index in [4.69, 9.17) is 13.9 Å². The van der Waals surface area contributed by atoms with Gasteiger partial charge < -0.3 is 34.3 Å². The molecule has 1 aliphatic heterocycles. The molecule has 8 nitrogen and oxygen atoms in total. The van der Waals surface area contributed by atoms with Gasteiger partial charge in [-0.15, -0.1) is 0 Å². The van der Waals surface area contributed by atoms with Crippen molar-refractivity contribution in [1.82, 2.24) is 0 Å². The van der Waals surface area contributed by atoms with Crippen LogP contribution in [-0.2, 0) is 4.74 Å². The molecule has 0 saturated carbocycles. The molecule has 4 N–H and O–H groups in total. The third-order valence-corrected chi connectivity index (χ3v) is 4.93. The standard InChI is InChI=1S/C21H20O8/c22-9-16-18(24)19(25)20(26)21(29-16)28-12-6-7-13-15(8-12)27-10-14(17(13)23)11-4-2-1-3-5-11/h1-8,10,16,18-22,24-26H,9H2/t16-,18+,19+,20-,21-/m0/s1. The molecule has 0 radical (unpaired) electrons. The van der Waals surface area contributed by atoms with Crippen LogP contribution >= 0.6 is 0 Å². The van der Waals surface area contributed by atoms with Crippen LogP contribution in [0.25, 0.3) is 22.1 Å². The Labute approximate surface area is 165 Å². The summed E-state index contributed by atoms with van der Waals surface area (Å²) in [5.74, 6) is 0.220. The Morgan fingerprint density at radius 2 is 1.72 bits per heavy atom. The SMILES string of the molecule is O=c1c(-c2ccccc2)coc2cc(O[C@H]3O[C@@H](CO)[C@@H](O)[C@@H](O)[C@@H]3O)ccc12. The van der Waals surface area contributed by atoms with E-state index >= 15 is 0 Å². The summed E-state index contributed by atoms with van der Waals surface area (Å²) in [5.41, 5.74) is 1.25. The van der Waals surface area contributed by atoms with E-state index in [1.165, 1.54) is 24.5 Å². The minimum atomic E-state index is -1.54. The second-order valence-electron chi connectivity index (χ2n) is 6.82. The Balaban J connectivity index is 1.62. The topological polar surface area (TPSA) is 130 Å². The van der Waals surface area contributed by atoms with Gasteiger partial charge in [0.1, 0.15) is 42.0 Å². The zero-order valence-electron chi connectivity index (χ0n) is 15.2. The molecule has 152 valence electrons. The molecular formula is C21H20O8. The van der Waals surface area contributed by atoms with Crippen molar-refractivity contribution in [2.45, 2.75) is 30.7 Å². The lowest BCUT2D eigenvalue weighted by atomic mass is 9.99. The molecule has 29 heavy (non-hydrogen) atoms. The second-order valence-corrected chi connectivity index (χ2v) is 6.82. The van der Waals surface area contributed by atoms with Gasteiger partial charge in [-0.2, -0.15) is 0 Å². The zero-order valence-corrected chi connectivity index (χ0v) is 15.2. The summed E-state index contributed by atoms with van der Waals surface area (Å²) < 4.78 is 16.5. The van der Waals surface area contributed by atoms with Gasteiger partial charge in [0.15, 0.2) is 5.43 Å². The van der Waals surface area contributed by atoms with Crippen molar-refractivity contribution in [1.29, 1.82) is 0 Å². The van der Waals surface area contributed by atoms with Crippen LogP contribution in [0.4, 0.5) is 0 Å². The van der Waals surface area contributed by atoms with Crippen molar-refractivity contribution >= 4 is 11.0 Å². The Kier molecular flexibility index (Phi) is 5.35. The van der Waals surface area contributed by atoms with Gasteiger partial charge in [0, 0.05) is 6.07 Å². The van der Waals surface area contributed by atoms with E-state index in [0.717, 1.165) is 5.56 Å². The third kappa shape index (κ3) is 3.64. The van der Waals surface area contributed by atoms with Gasteiger partial charge in [-0.1, -0.05) is 30.3 Å². The van der Waals surface area contributed by atoms with E-state index in [0.29, 0.717) is 10.9 Å². The first-order valence-electron chi connectivity index (χ1n) is 9.07. The quantitative estimate of drug-likeness (QED) is 0.502. The number of ether oxygens (including phenoxy) is 2.